The fourth-order valence-electron chi connectivity index (χ4n) is 3.84. The molecule has 2 heterocycles. The Bertz CT molecular complexity index is 1080. The Morgan fingerprint density at radius 2 is 1.56 bits per heavy atom. The second-order valence-electron chi connectivity index (χ2n) is 7.37. The van der Waals surface area contributed by atoms with Crippen LogP contribution in [0.2, 0.25) is 10.0 Å². The molecule has 0 amide bonds. The highest BCUT2D eigenvalue weighted by Crippen LogP contribution is 2.41. The maximum Gasteiger partial charge on any atom is 0.436 e. The van der Waals surface area contributed by atoms with Crippen LogP contribution in [0.3, 0.4) is 0 Å². The van der Waals surface area contributed by atoms with Gasteiger partial charge in [-0.25, -0.2) is 4.68 Å². The molecule has 10 heteroatoms. The van der Waals surface area contributed by atoms with Crippen LogP contribution in [0.15, 0.2) is 54.6 Å². The second-order valence-corrected chi connectivity index (χ2v) is 8.18. The number of aldehydes is 1. The molecule has 1 atom stereocenters. The van der Waals surface area contributed by atoms with Gasteiger partial charge in [0.25, 0.3) is 0 Å². The molecule has 0 aliphatic carbocycles. The van der Waals surface area contributed by atoms with E-state index in [2.05, 4.69) is 10.00 Å². The van der Waals surface area contributed by atoms with Gasteiger partial charge in [0, 0.05) is 42.5 Å². The summed E-state index contributed by atoms with van der Waals surface area (Å²) in [5, 5.41) is 3.87. The van der Waals surface area contributed by atoms with Crippen LogP contribution in [-0.2, 0) is 11.0 Å². The largest absolute Gasteiger partial charge is 0.436 e. The lowest BCUT2D eigenvalue weighted by Gasteiger charge is -2.38. The van der Waals surface area contributed by atoms with Crippen LogP contribution < -0.4 is 4.90 Å². The van der Waals surface area contributed by atoms with E-state index in [1.165, 1.54) is 0 Å². The van der Waals surface area contributed by atoms with Crippen molar-refractivity contribution in [3.8, 4) is 11.3 Å². The lowest BCUT2D eigenvalue weighted by Crippen LogP contribution is -2.49. The lowest BCUT2D eigenvalue weighted by atomic mass is 10.1. The van der Waals surface area contributed by atoms with E-state index in [0.29, 0.717) is 43.1 Å². The Hall–Kier alpha value is -2.55. The van der Waals surface area contributed by atoms with Crippen molar-refractivity contribution in [3.63, 3.8) is 0 Å². The van der Waals surface area contributed by atoms with Crippen molar-refractivity contribution in [1.29, 1.82) is 0 Å². The number of carbonyl (C=O) groups is 1. The van der Waals surface area contributed by atoms with Crippen molar-refractivity contribution in [2.75, 3.05) is 31.1 Å². The molecular formula is C22H19Cl2F3N4O. The fraction of sp³-hybridized carbons (Fsp3) is 0.273. The molecule has 1 aliphatic rings. The number of nitrogens with zero attached hydrogens (tertiary/aromatic N) is 4. The van der Waals surface area contributed by atoms with E-state index in [1.807, 2.05) is 12.1 Å². The summed E-state index contributed by atoms with van der Waals surface area (Å²) in [6.07, 6.45) is -5.16. The highest BCUT2D eigenvalue weighted by molar-refractivity contribution is 6.33. The van der Waals surface area contributed by atoms with Crippen molar-refractivity contribution in [2.45, 2.75) is 12.3 Å². The van der Waals surface area contributed by atoms with Crippen molar-refractivity contribution >= 4 is 35.2 Å². The van der Waals surface area contributed by atoms with E-state index in [4.69, 9.17) is 23.2 Å². The lowest BCUT2D eigenvalue weighted by molar-refractivity contribution is -0.142. The third-order valence-corrected chi connectivity index (χ3v) is 6.03. The quantitative estimate of drug-likeness (QED) is 0.456. The molecule has 1 aromatic heterocycles. The first kappa shape index (κ1) is 22.6. The molecule has 0 bridgehead atoms. The molecule has 1 unspecified atom stereocenters. The number of carbonyl (C=O) groups excluding carboxylic acids is 1. The maximum atomic E-state index is 13.6. The van der Waals surface area contributed by atoms with Crippen LogP contribution in [0, 0.1) is 0 Å². The maximum absolute atomic E-state index is 13.6. The molecule has 1 aliphatic heterocycles. The van der Waals surface area contributed by atoms with E-state index in [1.54, 1.807) is 47.4 Å². The predicted octanol–water partition coefficient (Wildman–Crippen LogP) is 5.40. The zero-order valence-electron chi connectivity index (χ0n) is 16.8. The third kappa shape index (κ3) is 4.48. The minimum absolute atomic E-state index is 0.0665. The van der Waals surface area contributed by atoms with Crippen LogP contribution in [0.4, 0.5) is 18.9 Å². The van der Waals surface area contributed by atoms with Gasteiger partial charge in [-0.3, -0.25) is 9.69 Å². The first-order valence-electron chi connectivity index (χ1n) is 9.90. The highest BCUT2D eigenvalue weighted by atomic mass is 35.5. The van der Waals surface area contributed by atoms with Gasteiger partial charge in [0.1, 0.15) is 0 Å². The average molecular weight is 483 g/mol. The van der Waals surface area contributed by atoms with Gasteiger partial charge in [0.05, 0.1) is 10.7 Å². The van der Waals surface area contributed by atoms with Gasteiger partial charge in [0.15, 0.2) is 18.1 Å². The SMILES string of the molecule is O=CC(N1CCN(c2ccc(Cl)cc2)CC1)n1nc(C(F)(F)F)c(Cl)c1-c1ccccc1. The number of anilines is 1. The van der Waals surface area contributed by atoms with Crippen molar-refractivity contribution in [3.05, 3.63) is 70.3 Å². The molecule has 2 aromatic carbocycles. The molecule has 4 rings (SSSR count). The molecule has 168 valence electrons. The number of rotatable bonds is 5. The van der Waals surface area contributed by atoms with Crippen molar-refractivity contribution in [2.24, 2.45) is 0 Å². The van der Waals surface area contributed by atoms with E-state index < -0.39 is 23.1 Å². The minimum atomic E-state index is -4.74. The summed E-state index contributed by atoms with van der Waals surface area (Å²) in [6.45, 7) is 2.10. The number of piperazine rings is 1. The van der Waals surface area contributed by atoms with Gasteiger partial charge in [-0.15, -0.1) is 0 Å². The average Bonchev–Trinajstić information content (AvgIpc) is 3.13. The molecule has 0 N–H and O–H groups in total. The summed E-state index contributed by atoms with van der Waals surface area (Å²) < 4.78 is 41.8. The first-order chi connectivity index (χ1) is 15.3. The summed E-state index contributed by atoms with van der Waals surface area (Å²) >= 11 is 12.1. The van der Waals surface area contributed by atoms with Crippen LogP contribution in [0.25, 0.3) is 11.3 Å². The fourth-order valence-corrected chi connectivity index (χ4v) is 4.30. The number of aromatic nitrogens is 2. The number of halogens is 5. The normalized spacial score (nSPS) is 16.2. The summed E-state index contributed by atoms with van der Waals surface area (Å²) in [5.74, 6) is 0. The van der Waals surface area contributed by atoms with Crippen LogP contribution in [0.5, 0.6) is 0 Å². The Morgan fingerprint density at radius 3 is 2.12 bits per heavy atom. The number of alkyl halides is 3. The number of benzene rings is 2. The molecule has 0 saturated carbocycles. The Balaban J connectivity index is 1.64. The summed E-state index contributed by atoms with van der Waals surface area (Å²) in [5.41, 5.74) is 0.303. The van der Waals surface area contributed by atoms with E-state index in [0.717, 1.165) is 10.4 Å². The zero-order valence-corrected chi connectivity index (χ0v) is 18.3. The molecular weight excluding hydrogens is 464 g/mol. The first-order valence-corrected chi connectivity index (χ1v) is 10.7. The number of hydrogen-bond donors (Lipinski definition) is 0. The topological polar surface area (TPSA) is 41.4 Å². The number of hydrogen-bond acceptors (Lipinski definition) is 4. The van der Waals surface area contributed by atoms with Gasteiger partial charge in [-0.2, -0.15) is 18.3 Å². The van der Waals surface area contributed by atoms with E-state index in [9.17, 15) is 18.0 Å². The zero-order chi connectivity index (χ0) is 22.9. The summed E-state index contributed by atoms with van der Waals surface area (Å²) in [4.78, 5) is 16.0. The smallest absolute Gasteiger partial charge is 0.369 e. The second kappa shape index (κ2) is 9.13. The van der Waals surface area contributed by atoms with Gasteiger partial charge in [0.2, 0.25) is 0 Å². The van der Waals surface area contributed by atoms with Gasteiger partial charge in [-0.05, 0) is 24.3 Å². The van der Waals surface area contributed by atoms with Crippen LogP contribution >= 0.6 is 23.2 Å². The van der Waals surface area contributed by atoms with Crippen LogP contribution in [0.1, 0.15) is 11.9 Å². The van der Waals surface area contributed by atoms with Crippen molar-refractivity contribution in [1.82, 2.24) is 14.7 Å². The van der Waals surface area contributed by atoms with E-state index in [-0.39, 0.29) is 5.69 Å². The molecule has 5 nitrogen and oxygen atoms in total. The monoisotopic (exact) mass is 482 g/mol. The minimum Gasteiger partial charge on any atom is -0.369 e. The van der Waals surface area contributed by atoms with Crippen molar-refractivity contribution < 1.29 is 18.0 Å². The van der Waals surface area contributed by atoms with Gasteiger partial charge >= 0.3 is 6.18 Å². The molecule has 1 saturated heterocycles. The van der Waals surface area contributed by atoms with E-state index >= 15 is 0 Å². The molecule has 32 heavy (non-hydrogen) atoms. The third-order valence-electron chi connectivity index (χ3n) is 5.42. The Labute approximate surface area is 192 Å². The molecule has 3 aromatic rings. The molecule has 0 spiro atoms. The van der Waals surface area contributed by atoms with Gasteiger partial charge in [-0.1, -0.05) is 53.5 Å². The predicted molar refractivity (Wildman–Crippen MR) is 118 cm³/mol. The molecule has 0 radical (unpaired) electrons. The van der Waals surface area contributed by atoms with Crippen LogP contribution in [-0.4, -0.2) is 47.1 Å². The highest BCUT2D eigenvalue weighted by Gasteiger charge is 2.41. The Kier molecular flexibility index (Phi) is 6.46. The summed E-state index contributed by atoms with van der Waals surface area (Å²) in [6, 6.07) is 15.8. The standard InChI is InChI=1S/C22H19Cl2F3N4O/c23-16-6-8-17(9-7-16)29-10-12-30(13-11-29)18(14-32)31-20(15-4-2-1-3-5-15)19(24)21(28-31)22(25,26)27/h1-9,14,18H,10-13H2. The molecule has 1 fully saturated rings. The Morgan fingerprint density at radius 1 is 0.938 bits per heavy atom. The summed E-state index contributed by atoms with van der Waals surface area (Å²) in [7, 11) is 0. The van der Waals surface area contributed by atoms with Gasteiger partial charge < -0.3 is 4.90 Å².